The van der Waals surface area contributed by atoms with Gasteiger partial charge in [-0.3, -0.25) is 0 Å². The minimum atomic E-state index is 0.472. The lowest BCUT2D eigenvalue weighted by atomic mass is 10.1. The molecule has 0 unspecified atom stereocenters. The van der Waals surface area contributed by atoms with Crippen LogP contribution in [-0.4, -0.2) is 39.1 Å². The van der Waals surface area contributed by atoms with Crippen molar-refractivity contribution in [1.82, 2.24) is 25.5 Å². The van der Waals surface area contributed by atoms with Gasteiger partial charge in [-0.2, -0.15) is 0 Å². The number of nitrogens with one attached hydrogen (secondary N) is 1. The third kappa shape index (κ3) is 6.85. The first-order valence-electron chi connectivity index (χ1n) is 10.3. The molecule has 3 rings (SSSR count). The van der Waals surface area contributed by atoms with Crippen LogP contribution in [0.2, 0.25) is 5.02 Å². The van der Waals surface area contributed by atoms with E-state index >= 15 is 0 Å². The molecule has 9 heteroatoms. The summed E-state index contributed by atoms with van der Waals surface area (Å²) in [5.74, 6) is 2.31. The van der Waals surface area contributed by atoms with E-state index in [0.717, 1.165) is 35.0 Å². The molecule has 0 aliphatic rings. The van der Waals surface area contributed by atoms with Gasteiger partial charge in [-0.15, -0.1) is 5.10 Å². The lowest BCUT2D eigenvalue weighted by molar-refractivity contribution is 0.268. The van der Waals surface area contributed by atoms with E-state index in [9.17, 15) is 0 Å². The summed E-state index contributed by atoms with van der Waals surface area (Å²) < 4.78 is 13.5. The first-order valence-corrected chi connectivity index (χ1v) is 11.6. The highest BCUT2D eigenvalue weighted by Gasteiger charge is 2.12. The molecule has 0 saturated heterocycles. The molecule has 31 heavy (non-hydrogen) atoms. The van der Waals surface area contributed by atoms with E-state index in [1.807, 2.05) is 38.2 Å². The normalized spacial score (nSPS) is 11.0. The maximum absolute atomic E-state index is 6.54. The smallest absolute Gasteiger partial charge is 0.209 e. The minimum Gasteiger partial charge on any atom is -0.490 e. The largest absolute Gasteiger partial charge is 0.490 e. The Kier molecular flexibility index (Phi) is 8.99. The van der Waals surface area contributed by atoms with Gasteiger partial charge in [-0.1, -0.05) is 47.6 Å². The van der Waals surface area contributed by atoms with Gasteiger partial charge in [0.25, 0.3) is 0 Å². The van der Waals surface area contributed by atoms with Crippen LogP contribution in [-0.2, 0) is 20.2 Å². The van der Waals surface area contributed by atoms with Crippen LogP contribution < -0.4 is 14.8 Å². The zero-order valence-electron chi connectivity index (χ0n) is 18.1. The fourth-order valence-electron chi connectivity index (χ4n) is 2.95. The highest BCUT2D eigenvalue weighted by atomic mass is 35.5. The van der Waals surface area contributed by atoms with Gasteiger partial charge < -0.3 is 14.8 Å². The summed E-state index contributed by atoms with van der Waals surface area (Å²) in [7, 11) is 1.84. The first kappa shape index (κ1) is 23.4. The van der Waals surface area contributed by atoms with Gasteiger partial charge in [-0.05, 0) is 60.0 Å². The van der Waals surface area contributed by atoms with E-state index in [1.54, 1.807) is 16.4 Å². The zero-order valence-corrected chi connectivity index (χ0v) is 19.7. The van der Waals surface area contributed by atoms with Crippen LogP contribution >= 0.6 is 23.4 Å². The molecule has 7 nitrogen and oxygen atoms in total. The Balaban J connectivity index is 1.52. The Bertz CT molecular complexity index is 982. The van der Waals surface area contributed by atoms with Crippen LogP contribution in [0.25, 0.3) is 0 Å². The molecule has 0 aliphatic heterocycles. The predicted octanol–water partition coefficient (Wildman–Crippen LogP) is 4.42. The van der Waals surface area contributed by atoms with Crippen LogP contribution in [0.5, 0.6) is 11.5 Å². The fourth-order valence-corrected chi connectivity index (χ4v) is 3.96. The Labute approximate surface area is 192 Å². The van der Waals surface area contributed by atoms with Crippen molar-refractivity contribution >= 4 is 23.4 Å². The van der Waals surface area contributed by atoms with Crippen LogP contribution in [0.15, 0.2) is 41.6 Å². The van der Waals surface area contributed by atoms with Gasteiger partial charge in [0.2, 0.25) is 5.16 Å². The number of thioether (sulfide) groups is 1. The molecule has 0 aliphatic carbocycles. The highest BCUT2D eigenvalue weighted by molar-refractivity contribution is 7.99. The molecule has 0 saturated carbocycles. The molecule has 0 radical (unpaired) electrons. The lowest BCUT2D eigenvalue weighted by Crippen LogP contribution is -2.16. The van der Waals surface area contributed by atoms with Crippen LogP contribution in [0.3, 0.4) is 0 Å². The van der Waals surface area contributed by atoms with E-state index < -0.39 is 0 Å². The number of aryl methyl sites for hydroxylation is 2. The first-order chi connectivity index (χ1) is 15.1. The summed E-state index contributed by atoms with van der Waals surface area (Å²) in [5.41, 5.74) is 3.32. The SMILES string of the molecule is CCOc1cc(CNCCCSc2nnnn2C)c(Cl)cc1OCc1ccccc1C. The van der Waals surface area contributed by atoms with Gasteiger partial charge in [0.15, 0.2) is 11.5 Å². The molecule has 0 atom stereocenters. The standard InChI is InChI=1S/C22H28ClN5O2S/c1-4-29-20-12-18(14-24-10-7-11-31-22-25-26-27-28(22)3)19(23)13-21(20)30-15-17-9-6-5-8-16(17)2/h5-6,8-9,12-13,24H,4,7,10-11,14-15H2,1-3H3. The lowest BCUT2D eigenvalue weighted by Gasteiger charge is -2.16. The molecule has 2 aromatic carbocycles. The molecular formula is C22H28ClN5O2S. The van der Waals surface area contributed by atoms with E-state index in [1.165, 1.54) is 5.56 Å². The summed E-state index contributed by atoms with van der Waals surface area (Å²) in [6, 6.07) is 12.0. The van der Waals surface area contributed by atoms with Crippen LogP contribution in [0, 0.1) is 6.92 Å². The minimum absolute atomic E-state index is 0.472. The number of ether oxygens (including phenoxy) is 2. The number of benzene rings is 2. The predicted molar refractivity (Wildman–Crippen MR) is 124 cm³/mol. The maximum atomic E-state index is 6.54. The van der Waals surface area contributed by atoms with Gasteiger partial charge in [0, 0.05) is 30.4 Å². The van der Waals surface area contributed by atoms with Crippen LogP contribution in [0.4, 0.5) is 0 Å². The van der Waals surface area contributed by atoms with Gasteiger partial charge in [0.05, 0.1) is 6.61 Å². The number of halogens is 1. The fraction of sp³-hybridized carbons (Fsp3) is 0.409. The molecule has 0 amide bonds. The summed E-state index contributed by atoms with van der Waals surface area (Å²) in [4.78, 5) is 0. The molecule has 1 N–H and O–H groups in total. The van der Waals surface area contributed by atoms with Gasteiger partial charge in [0.1, 0.15) is 6.61 Å². The van der Waals surface area contributed by atoms with E-state index in [-0.39, 0.29) is 0 Å². The van der Waals surface area contributed by atoms with Crippen LogP contribution in [0.1, 0.15) is 30.0 Å². The zero-order chi connectivity index (χ0) is 22.1. The van der Waals surface area contributed by atoms with Gasteiger partial charge in [-0.25, -0.2) is 4.68 Å². The van der Waals surface area contributed by atoms with E-state index in [2.05, 4.69) is 39.9 Å². The number of rotatable bonds is 12. The second-order valence-electron chi connectivity index (χ2n) is 7.00. The Morgan fingerprint density at radius 3 is 2.68 bits per heavy atom. The maximum Gasteiger partial charge on any atom is 0.209 e. The molecule has 0 spiro atoms. The monoisotopic (exact) mass is 461 g/mol. The number of tetrazole rings is 1. The second kappa shape index (κ2) is 11.9. The quantitative estimate of drug-likeness (QED) is 0.316. The van der Waals surface area contributed by atoms with E-state index in [0.29, 0.717) is 36.3 Å². The summed E-state index contributed by atoms with van der Waals surface area (Å²) >= 11 is 8.18. The average molecular weight is 462 g/mol. The van der Waals surface area contributed by atoms with Gasteiger partial charge >= 0.3 is 0 Å². The van der Waals surface area contributed by atoms with Crippen molar-refractivity contribution in [2.45, 2.75) is 38.6 Å². The van der Waals surface area contributed by atoms with Crippen molar-refractivity contribution in [2.24, 2.45) is 7.05 Å². The number of aromatic nitrogens is 4. The average Bonchev–Trinajstić information content (AvgIpc) is 3.17. The van der Waals surface area contributed by atoms with Crippen molar-refractivity contribution in [3.63, 3.8) is 0 Å². The number of hydrogen-bond acceptors (Lipinski definition) is 7. The molecule has 0 fully saturated rings. The third-order valence-electron chi connectivity index (χ3n) is 4.68. The van der Waals surface area contributed by atoms with Crippen molar-refractivity contribution in [3.05, 3.63) is 58.1 Å². The molecular weight excluding hydrogens is 434 g/mol. The Morgan fingerprint density at radius 2 is 1.94 bits per heavy atom. The van der Waals surface area contributed by atoms with Crippen molar-refractivity contribution in [1.29, 1.82) is 0 Å². The number of nitrogens with zero attached hydrogens (tertiary/aromatic N) is 4. The number of hydrogen-bond donors (Lipinski definition) is 1. The third-order valence-corrected chi connectivity index (χ3v) is 6.13. The van der Waals surface area contributed by atoms with Crippen molar-refractivity contribution < 1.29 is 9.47 Å². The molecule has 0 bridgehead atoms. The van der Waals surface area contributed by atoms with E-state index in [4.69, 9.17) is 21.1 Å². The Morgan fingerprint density at radius 1 is 1.13 bits per heavy atom. The topological polar surface area (TPSA) is 74.1 Å². The van der Waals surface area contributed by atoms with Crippen molar-refractivity contribution in [3.8, 4) is 11.5 Å². The summed E-state index contributed by atoms with van der Waals surface area (Å²) in [5, 5.41) is 16.4. The Hall–Kier alpha value is -2.29. The van der Waals surface area contributed by atoms with Crippen molar-refractivity contribution in [2.75, 3.05) is 18.9 Å². The summed E-state index contributed by atoms with van der Waals surface area (Å²) in [6.45, 7) is 6.59. The molecule has 166 valence electrons. The molecule has 3 aromatic rings. The molecule has 1 heterocycles. The second-order valence-corrected chi connectivity index (χ2v) is 8.47. The highest BCUT2D eigenvalue weighted by Crippen LogP contribution is 2.34. The molecule has 1 aromatic heterocycles. The summed E-state index contributed by atoms with van der Waals surface area (Å²) in [6.07, 6.45) is 0.991.